The van der Waals surface area contributed by atoms with Crippen molar-refractivity contribution in [2.24, 2.45) is 0 Å². The molecule has 0 aliphatic heterocycles. The SMILES string of the molecule is CC(=O)N[C@@H](C)c1nc(C(=O)O)cs1. The first kappa shape index (κ1) is 10.6. The molecule has 0 aromatic carbocycles. The Balaban J connectivity index is 2.76. The van der Waals surface area contributed by atoms with Gasteiger partial charge in [0.1, 0.15) is 5.01 Å². The van der Waals surface area contributed by atoms with Crippen LogP contribution in [-0.4, -0.2) is 22.0 Å². The van der Waals surface area contributed by atoms with Crippen LogP contribution in [0.5, 0.6) is 0 Å². The Morgan fingerprint density at radius 1 is 1.64 bits per heavy atom. The zero-order valence-corrected chi connectivity index (χ0v) is 8.59. The first-order valence-electron chi connectivity index (χ1n) is 3.96. The molecular weight excluding hydrogens is 204 g/mol. The number of aromatic nitrogens is 1. The summed E-state index contributed by atoms with van der Waals surface area (Å²) in [7, 11) is 0. The highest BCUT2D eigenvalue weighted by atomic mass is 32.1. The Labute approximate surface area is 84.8 Å². The van der Waals surface area contributed by atoms with Crippen LogP contribution in [0.1, 0.15) is 35.4 Å². The third kappa shape index (κ3) is 2.53. The quantitative estimate of drug-likeness (QED) is 0.787. The molecule has 76 valence electrons. The smallest absolute Gasteiger partial charge is 0.355 e. The van der Waals surface area contributed by atoms with Gasteiger partial charge in [0.25, 0.3) is 0 Å². The molecule has 1 atom stereocenters. The summed E-state index contributed by atoms with van der Waals surface area (Å²) in [6.07, 6.45) is 0. The van der Waals surface area contributed by atoms with Crippen molar-refractivity contribution < 1.29 is 14.7 Å². The van der Waals surface area contributed by atoms with Crippen LogP contribution in [-0.2, 0) is 4.79 Å². The molecule has 0 saturated carbocycles. The highest BCUT2D eigenvalue weighted by Gasteiger charge is 2.14. The molecule has 0 unspecified atom stereocenters. The second-order valence-corrected chi connectivity index (χ2v) is 3.69. The standard InChI is InChI=1S/C8H10N2O3S/c1-4(9-5(2)11)7-10-6(3-14-7)8(12)13/h3-4H,1-2H3,(H,9,11)(H,12,13)/t4-/m0/s1. The lowest BCUT2D eigenvalue weighted by Crippen LogP contribution is -2.23. The van der Waals surface area contributed by atoms with Crippen LogP contribution < -0.4 is 5.32 Å². The van der Waals surface area contributed by atoms with Crippen LogP contribution >= 0.6 is 11.3 Å². The minimum atomic E-state index is -1.05. The second-order valence-electron chi connectivity index (χ2n) is 2.80. The van der Waals surface area contributed by atoms with Gasteiger partial charge >= 0.3 is 5.97 Å². The summed E-state index contributed by atoms with van der Waals surface area (Å²) in [5.41, 5.74) is 0.0159. The van der Waals surface area contributed by atoms with Gasteiger partial charge in [-0.1, -0.05) is 0 Å². The van der Waals surface area contributed by atoms with E-state index in [1.165, 1.54) is 23.6 Å². The topological polar surface area (TPSA) is 79.3 Å². The van der Waals surface area contributed by atoms with Gasteiger partial charge in [-0.05, 0) is 6.92 Å². The number of nitrogens with one attached hydrogen (secondary N) is 1. The molecule has 14 heavy (non-hydrogen) atoms. The number of carbonyl (C=O) groups excluding carboxylic acids is 1. The van der Waals surface area contributed by atoms with Crippen LogP contribution in [0.15, 0.2) is 5.38 Å². The van der Waals surface area contributed by atoms with E-state index in [-0.39, 0.29) is 17.6 Å². The van der Waals surface area contributed by atoms with Crippen molar-refractivity contribution in [1.29, 1.82) is 0 Å². The van der Waals surface area contributed by atoms with E-state index in [2.05, 4.69) is 10.3 Å². The molecule has 6 heteroatoms. The Bertz CT molecular complexity index is 361. The summed E-state index contributed by atoms with van der Waals surface area (Å²) in [5.74, 6) is -1.22. The van der Waals surface area contributed by atoms with Gasteiger partial charge in [0.15, 0.2) is 5.69 Å². The minimum Gasteiger partial charge on any atom is -0.476 e. The normalized spacial score (nSPS) is 12.1. The van der Waals surface area contributed by atoms with Gasteiger partial charge in [0.2, 0.25) is 5.91 Å². The van der Waals surface area contributed by atoms with Crippen LogP contribution in [0.4, 0.5) is 0 Å². The van der Waals surface area contributed by atoms with Gasteiger partial charge in [-0.3, -0.25) is 4.79 Å². The number of rotatable bonds is 3. The largest absolute Gasteiger partial charge is 0.476 e. The monoisotopic (exact) mass is 214 g/mol. The van der Waals surface area contributed by atoms with Crippen molar-refractivity contribution in [1.82, 2.24) is 10.3 Å². The number of carbonyl (C=O) groups is 2. The number of carboxylic acid groups (broad SMARTS) is 1. The zero-order chi connectivity index (χ0) is 10.7. The van der Waals surface area contributed by atoms with E-state index >= 15 is 0 Å². The number of nitrogens with zero attached hydrogens (tertiary/aromatic N) is 1. The number of aromatic carboxylic acids is 1. The summed E-state index contributed by atoms with van der Waals surface area (Å²) < 4.78 is 0. The van der Waals surface area contributed by atoms with E-state index in [1.54, 1.807) is 6.92 Å². The maximum atomic E-state index is 10.7. The Hall–Kier alpha value is -1.43. The Kier molecular flexibility index (Phi) is 3.19. The summed E-state index contributed by atoms with van der Waals surface area (Å²) >= 11 is 1.22. The van der Waals surface area contributed by atoms with Gasteiger partial charge < -0.3 is 10.4 Å². The highest BCUT2D eigenvalue weighted by Crippen LogP contribution is 2.17. The summed E-state index contributed by atoms with van der Waals surface area (Å²) in [6.45, 7) is 3.16. The van der Waals surface area contributed by atoms with E-state index < -0.39 is 5.97 Å². The number of hydrogen-bond acceptors (Lipinski definition) is 4. The fourth-order valence-corrected chi connectivity index (χ4v) is 1.75. The maximum absolute atomic E-state index is 10.7. The fourth-order valence-electron chi connectivity index (χ4n) is 0.951. The molecule has 0 aliphatic rings. The summed E-state index contributed by atoms with van der Waals surface area (Å²) in [6, 6.07) is -0.245. The van der Waals surface area contributed by atoms with Crippen molar-refractivity contribution in [3.05, 3.63) is 16.1 Å². The summed E-state index contributed by atoms with van der Waals surface area (Å²) in [5, 5.41) is 13.3. The van der Waals surface area contributed by atoms with Gasteiger partial charge in [-0.2, -0.15) is 0 Å². The van der Waals surface area contributed by atoms with Gasteiger partial charge in [0, 0.05) is 12.3 Å². The molecule has 1 aromatic rings. The van der Waals surface area contributed by atoms with E-state index in [0.29, 0.717) is 5.01 Å². The van der Waals surface area contributed by atoms with Crippen LogP contribution in [0.25, 0.3) is 0 Å². The van der Waals surface area contributed by atoms with Crippen molar-refractivity contribution in [3.63, 3.8) is 0 Å². The fraction of sp³-hybridized carbons (Fsp3) is 0.375. The van der Waals surface area contributed by atoms with E-state index in [4.69, 9.17) is 5.11 Å². The Morgan fingerprint density at radius 2 is 2.29 bits per heavy atom. The van der Waals surface area contributed by atoms with Gasteiger partial charge in [0.05, 0.1) is 6.04 Å². The van der Waals surface area contributed by atoms with E-state index in [1.807, 2.05) is 0 Å². The molecule has 5 nitrogen and oxygen atoms in total. The number of amides is 1. The molecule has 0 spiro atoms. The van der Waals surface area contributed by atoms with Crippen LogP contribution in [0.2, 0.25) is 0 Å². The third-order valence-electron chi connectivity index (χ3n) is 1.53. The average molecular weight is 214 g/mol. The van der Waals surface area contributed by atoms with Crippen molar-refractivity contribution in [3.8, 4) is 0 Å². The predicted octanol–water partition coefficient (Wildman–Crippen LogP) is 1.04. The van der Waals surface area contributed by atoms with Gasteiger partial charge in [-0.25, -0.2) is 9.78 Å². The molecule has 1 rings (SSSR count). The lowest BCUT2D eigenvalue weighted by Gasteiger charge is -2.07. The predicted molar refractivity (Wildman–Crippen MR) is 51.3 cm³/mol. The molecule has 2 N–H and O–H groups in total. The lowest BCUT2D eigenvalue weighted by atomic mass is 10.3. The zero-order valence-electron chi connectivity index (χ0n) is 7.77. The highest BCUT2D eigenvalue weighted by molar-refractivity contribution is 7.09. The van der Waals surface area contributed by atoms with Gasteiger partial charge in [-0.15, -0.1) is 11.3 Å². The first-order chi connectivity index (χ1) is 6.50. The second kappa shape index (κ2) is 4.19. The molecule has 1 amide bonds. The average Bonchev–Trinajstić information content (AvgIpc) is 2.50. The molecule has 0 aliphatic carbocycles. The van der Waals surface area contributed by atoms with Crippen LogP contribution in [0, 0.1) is 0 Å². The summed E-state index contributed by atoms with van der Waals surface area (Å²) in [4.78, 5) is 25.1. The van der Waals surface area contributed by atoms with Crippen molar-refractivity contribution >= 4 is 23.2 Å². The van der Waals surface area contributed by atoms with Crippen LogP contribution in [0.3, 0.4) is 0 Å². The van der Waals surface area contributed by atoms with Crippen molar-refractivity contribution in [2.45, 2.75) is 19.9 Å². The molecule has 0 bridgehead atoms. The lowest BCUT2D eigenvalue weighted by molar-refractivity contribution is -0.119. The molecule has 1 aromatic heterocycles. The molecule has 0 radical (unpaired) electrons. The number of thiazole rings is 1. The maximum Gasteiger partial charge on any atom is 0.355 e. The van der Waals surface area contributed by atoms with Crippen molar-refractivity contribution in [2.75, 3.05) is 0 Å². The molecule has 0 fully saturated rings. The Morgan fingerprint density at radius 3 is 2.71 bits per heavy atom. The third-order valence-corrected chi connectivity index (χ3v) is 2.56. The molecule has 0 saturated heterocycles. The first-order valence-corrected chi connectivity index (χ1v) is 4.84. The molecular formula is C8H10N2O3S. The number of hydrogen-bond donors (Lipinski definition) is 2. The minimum absolute atomic E-state index is 0.0159. The van der Waals surface area contributed by atoms with E-state index in [0.717, 1.165) is 0 Å². The van der Waals surface area contributed by atoms with E-state index in [9.17, 15) is 9.59 Å². The number of carboxylic acids is 1. The molecule has 1 heterocycles.